The summed E-state index contributed by atoms with van der Waals surface area (Å²) in [6, 6.07) is 0. The van der Waals surface area contributed by atoms with E-state index in [1.54, 1.807) is 0 Å². The lowest BCUT2D eigenvalue weighted by Gasteiger charge is -2.11. The Morgan fingerprint density at radius 1 is 0.386 bits per heavy atom. The average Bonchev–Trinajstić information content (AvgIpc) is 3.02. The van der Waals surface area contributed by atoms with Crippen LogP contribution in [0.2, 0.25) is 0 Å². The van der Waals surface area contributed by atoms with E-state index in [2.05, 4.69) is 13.8 Å². The third-order valence-electron chi connectivity index (χ3n) is 8.82. The van der Waals surface area contributed by atoms with E-state index in [1.807, 2.05) is 0 Å². The summed E-state index contributed by atoms with van der Waals surface area (Å²) in [4.78, 5) is 24.0. The zero-order chi connectivity index (χ0) is 32.2. The van der Waals surface area contributed by atoms with E-state index in [1.165, 1.54) is 167 Å². The molecule has 0 aliphatic rings. The van der Waals surface area contributed by atoms with Crippen LogP contribution < -0.4 is 0 Å². The first kappa shape index (κ1) is 43.2. The van der Waals surface area contributed by atoms with Crippen molar-refractivity contribution in [3.8, 4) is 0 Å². The predicted octanol–water partition coefficient (Wildman–Crippen LogP) is 13.2. The summed E-state index contributed by atoms with van der Waals surface area (Å²) >= 11 is 6.21. The number of alkyl halides is 1. The van der Waals surface area contributed by atoms with Crippen LogP contribution in [-0.4, -0.2) is 30.5 Å². The summed E-state index contributed by atoms with van der Waals surface area (Å²) in [5.74, 6) is -0.399. The number of carbonyl (C=O) groups is 2. The maximum Gasteiger partial charge on any atom is 0.305 e. The van der Waals surface area contributed by atoms with Crippen LogP contribution >= 0.6 is 11.6 Å². The van der Waals surface area contributed by atoms with Crippen LogP contribution in [0.1, 0.15) is 219 Å². The van der Waals surface area contributed by atoms with E-state index < -0.39 is 5.38 Å². The molecule has 0 saturated heterocycles. The second-order valence-corrected chi connectivity index (χ2v) is 14.0. The summed E-state index contributed by atoms with van der Waals surface area (Å²) in [5.41, 5.74) is 0. The quantitative estimate of drug-likeness (QED) is 0.0387. The van der Waals surface area contributed by atoms with Gasteiger partial charge in [0.2, 0.25) is 0 Å². The van der Waals surface area contributed by atoms with Crippen molar-refractivity contribution in [2.45, 2.75) is 225 Å². The molecule has 0 N–H and O–H groups in total. The molecule has 0 aliphatic carbocycles. The van der Waals surface area contributed by atoms with Crippen molar-refractivity contribution in [2.24, 2.45) is 0 Å². The molecule has 0 amide bonds. The first-order valence-corrected chi connectivity index (χ1v) is 20.0. The molecule has 0 atom stereocenters. The van der Waals surface area contributed by atoms with Gasteiger partial charge in [0, 0.05) is 12.8 Å². The van der Waals surface area contributed by atoms with Crippen molar-refractivity contribution >= 4 is 23.5 Å². The number of hydrogen-bond donors (Lipinski definition) is 0. The van der Waals surface area contributed by atoms with Gasteiger partial charge >= 0.3 is 11.9 Å². The van der Waals surface area contributed by atoms with Gasteiger partial charge in [0.1, 0.15) is 18.6 Å². The second-order valence-electron chi connectivity index (χ2n) is 13.4. The van der Waals surface area contributed by atoms with Crippen LogP contribution in [0.4, 0.5) is 0 Å². The maximum atomic E-state index is 12.0. The fraction of sp³-hybridized carbons (Fsp3) is 0.949. The van der Waals surface area contributed by atoms with Gasteiger partial charge in [-0.15, -0.1) is 11.6 Å². The molecule has 4 nitrogen and oxygen atoms in total. The number of esters is 2. The highest BCUT2D eigenvalue weighted by Gasteiger charge is 2.12. The van der Waals surface area contributed by atoms with Crippen LogP contribution in [-0.2, 0) is 19.1 Å². The molecule has 0 aromatic carbocycles. The molecular formula is C39H75ClO4. The maximum absolute atomic E-state index is 12.0. The number of unbranched alkanes of at least 4 members (excludes halogenated alkanes) is 28. The van der Waals surface area contributed by atoms with E-state index in [4.69, 9.17) is 21.1 Å². The van der Waals surface area contributed by atoms with Crippen molar-refractivity contribution in [1.29, 1.82) is 0 Å². The molecule has 0 rings (SSSR count). The highest BCUT2D eigenvalue weighted by molar-refractivity contribution is 6.21. The lowest BCUT2D eigenvalue weighted by molar-refractivity contribution is -0.146. The molecule has 0 saturated carbocycles. The average molecular weight is 643 g/mol. The van der Waals surface area contributed by atoms with Gasteiger partial charge in [0.15, 0.2) is 0 Å². The number of hydrogen-bond acceptors (Lipinski definition) is 4. The Bertz CT molecular complexity index is 547. The van der Waals surface area contributed by atoms with E-state index in [9.17, 15) is 9.59 Å². The van der Waals surface area contributed by atoms with Crippen molar-refractivity contribution in [3.63, 3.8) is 0 Å². The predicted molar refractivity (Wildman–Crippen MR) is 191 cm³/mol. The van der Waals surface area contributed by atoms with Crippen molar-refractivity contribution < 1.29 is 19.1 Å². The van der Waals surface area contributed by atoms with E-state index in [-0.39, 0.29) is 25.2 Å². The minimum absolute atomic E-state index is 0.103. The summed E-state index contributed by atoms with van der Waals surface area (Å²) < 4.78 is 10.6. The Hall–Kier alpha value is -0.770. The van der Waals surface area contributed by atoms with Crippen molar-refractivity contribution in [1.82, 2.24) is 0 Å². The molecule has 44 heavy (non-hydrogen) atoms. The summed E-state index contributed by atoms with van der Waals surface area (Å²) in [7, 11) is 0. The number of carbonyl (C=O) groups excluding carboxylic acids is 2. The summed E-state index contributed by atoms with van der Waals surface area (Å²) in [6.07, 6.45) is 40.1. The van der Waals surface area contributed by atoms with E-state index in [0.717, 1.165) is 25.7 Å². The molecule has 0 aromatic rings. The van der Waals surface area contributed by atoms with Gasteiger partial charge in [0.05, 0.1) is 0 Å². The Balaban J connectivity index is 3.37. The molecule has 0 aromatic heterocycles. The third-order valence-corrected chi connectivity index (χ3v) is 9.07. The third kappa shape index (κ3) is 35.7. The standard InChI is InChI=1S/C39H75ClO4/c1-3-5-7-9-11-13-15-17-19-21-23-25-27-29-31-33-38(41)43-35-37(40)36-44-39(42)34-32-30-28-26-24-22-20-18-16-14-12-10-8-6-4-2/h37H,3-36H2,1-2H3. The largest absolute Gasteiger partial charge is 0.464 e. The van der Waals surface area contributed by atoms with Crippen LogP contribution in [0.15, 0.2) is 0 Å². The molecule has 0 aliphatic heterocycles. The zero-order valence-electron chi connectivity index (χ0n) is 29.6. The Morgan fingerprint density at radius 2 is 0.591 bits per heavy atom. The van der Waals surface area contributed by atoms with Gasteiger partial charge in [-0.25, -0.2) is 0 Å². The first-order chi connectivity index (χ1) is 21.6. The van der Waals surface area contributed by atoms with E-state index >= 15 is 0 Å². The minimum atomic E-state index is -0.481. The van der Waals surface area contributed by atoms with Crippen LogP contribution in [0.25, 0.3) is 0 Å². The first-order valence-electron chi connectivity index (χ1n) is 19.5. The van der Waals surface area contributed by atoms with Gasteiger partial charge in [-0.2, -0.15) is 0 Å². The normalized spacial score (nSPS) is 11.4. The zero-order valence-corrected chi connectivity index (χ0v) is 30.4. The van der Waals surface area contributed by atoms with Crippen LogP contribution in [0, 0.1) is 0 Å². The molecule has 0 bridgehead atoms. The molecule has 0 spiro atoms. The molecule has 0 heterocycles. The topological polar surface area (TPSA) is 52.6 Å². The fourth-order valence-electron chi connectivity index (χ4n) is 5.84. The van der Waals surface area contributed by atoms with Gasteiger partial charge in [-0.3, -0.25) is 9.59 Å². The minimum Gasteiger partial charge on any atom is -0.464 e. The Labute approximate surface area is 279 Å². The Morgan fingerprint density at radius 3 is 0.818 bits per heavy atom. The van der Waals surface area contributed by atoms with Crippen LogP contribution in [0.3, 0.4) is 0 Å². The molecular weight excluding hydrogens is 568 g/mol. The lowest BCUT2D eigenvalue weighted by atomic mass is 10.0. The van der Waals surface area contributed by atoms with Gasteiger partial charge < -0.3 is 9.47 Å². The highest BCUT2D eigenvalue weighted by Crippen LogP contribution is 2.15. The van der Waals surface area contributed by atoms with Crippen molar-refractivity contribution in [2.75, 3.05) is 13.2 Å². The molecule has 0 radical (unpaired) electrons. The fourth-order valence-corrected chi connectivity index (χ4v) is 5.97. The van der Waals surface area contributed by atoms with E-state index in [0.29, 0.717) is 12.8 Å². The summed E-state index contributed by atoms with van der Waals surface area (Å²) in [6.45, 7) is 4.75. The molecule has 5 heteroatoms. The van der Waals surface area contributed by atoms with Gasteiger partial charge in [-0.1, -0.05) is 194 Å². The second kappa shape index (κ2) is 36.7. The number of halogens is 1. The summed E-state index contributed by atoms with van der Waals surface area (Å²) in [5, 5.41) is -0.481. The number of ether oxygens (including phenoxy) is 2. The van der Waals surface area contributed by atoms with Crippen molar-refractivity contribution in [3.05, 3.63) is 0 Å². The highest BCUT2D eigenvalue weighted by atomic mass is 35.5. The molecule has 0 unspecified atom stereocenters. The Kier molecular flexibility index (Phi) is 36.1. The smallest absolute Gasteiger partial charge is 0.305 e. The monoisotopic (exact) mass is 643 g/mol. The van der Waals surface area contributed by atoms with Gasteiger partial charge in [-0.05, 0) is 12.8 Å². The molecule has 0 fully saturated rings. The SMILES string of the molecule is CCCCCCCCCCCCCCCCCC(=O)OCC(Cl)COC(=O)CCCCCCCCCCCCCCCCC. The van der Waals surface area contributed by atoms with Crippen LogP contribution in [0.5, 0.6) is 0 Å². The lowest BCUT2D eigenvalue weighted by Crippen LogP contribution is -2.21. The van der Waals surface area contributed by atoms with Gasteiger partial charge in [0.25, 0.3) is 0 Å². The number of rotatable bonds is 36. The molecule has 262 valence electrons.